The molecule has 0 aromatic rings. The summed E-state index contributed by atoms with van der Waals surface area (Å²) in [7, 11) is 0. The van der Waals surface area contributed by atoms with Gasteiger partial charge in [-0.05, 0) is 12.8 Å². The molecule has 0 aliphatic carbocycles. The summed E-state index contributed by atoms with van der Waals surface area (Å²) in [5.41, 5.74) is 0. The third-order valence-corrected chi connectivity index (χ3v) is 2.30. The zero-order chi connectivity index (χ0) is 9.40. The predicted molar refractivity (Wildman–Crippen MR) is 53.2 cm³/mol. The number of carbonyl (C=O) groups is 1. The molecule has 1 atom stereocenters. The first-order valence-corrected chi connectivity index (χ1v) is 5.25. The van der Waals surface area contributed by atoms with Gasteiger partial charge >= 0.3 is 0 Å². The molecule has 0 unspecified atom stereocenters. The van der Waals surface area contributed by atoms with E-state index in [1.807, 2.05) is 0 Å². The second-order valence-electron chi connectivity index (χ2n) is 3.61. The molecule has 72 valence electrons. The Balaban J connectivity index is 3.43. The van der Waals surface area contributed by atoms with Crippen LogP contribution in [0.25, 0.3) is 0 Å². The van der Waals surface area contributed by atoms with Gasteiger partial charge in [0.15, 0.2) is 0 Å². The van der Waals surface area contributed by atoms with Crippen LogP contribution in [-0.2, 0) is 4.79 Å². The Hall–Kier alpha value is -0.330. The van der Waals surface area contributed by atoms with Crippen molar-refractivity contribution < 1.29 is 4.79 Å². The molecule has 0 saturated heterocycles. The SMILES string of the molecule is CCCCCC(=O)[C@H](C)CCC. The van der Waals surface area contributed by atoms with Gasteiger partial charge in [-0.1, -0.05) is 40.0 Å². The molecule has 12 heavy (non-hydrogen) atoms. The van der Waals surface area contributed by atoms with Crippen LogP contribution in [0.2, 0.25) is 0 Å². The maximum atomic E-state index is 11.4. The molecule has 0 aliphatic rings. The van der Waals surface area contributed by atoms with Crippen molar-refractivity contribution in [1.29, 1.82) is 0 Å². The predicted octanol–water partition coefficient (Wildman–Crippen LogP) is 3.57. The fourth-order valence-corrected chi connectivity index (χ4v) is 1.39. The largest absolute Gasteiger partial charge is 0.299 e. The Morgan fingerprint density at radius 3 is 2.33 bits per heavy atom. The maximum Gasteiger partial charge on any atom is 0.135 e. The molecule has 0 spiro atoms. The van der Waals surface area contributed by atoms with Crippen molar-refractivity contribution in [2.45, 2.75) is 59.3 Å². The summed E-state index contributed by atoms with van der Waals surface area (Å²) in [6.07, 6.45) is 6.48. The molecule has 0 saturated carbocycles. The molecule has 0 amide bonds. The molecule has 0 heterocycles. The molecule has 0 N–H and O–H groups in total. The number of carbonyl (C=O) groups excluding carboxylic acids is 1. The first-order valence-electron chi connectivity index (χ1n) is 5.25. The number of rotatable bonds is 7. The van der Waals surface area contributed by atoms with Crippen molar-refractivity contribution in [2.24, 2.45) is 5.92 Å². The standard InChI is InChI=1S/C11H22O/c1-4-6-7-9-11(12)10(3)8-5-2/h10H,4-9H2,1-3H3/t10-/m1/s1. The summed E-state index contributed by atoms with van der Waals surface area (Å²) in [6.45, 7) is 6.35. The number of unbranched alkanes of at least 4 members (excludes halogenated alkanes) is 2. The summed E-state index contributed by atoms with van der Waals surface area (Å²) >= 11 is 0. The highest BCUT2D eigenvalue weighted by Gasteiger charge is 2.10. The van der Waals surface area contributed by atoms with E-state index in [1.54, 1.807) is 0 Å². The van der Waals surface area contributed by atoms with Crippen LogP contribution in [0.4, 0.5) is 0 Å². The van der Waals surface area contributed by atoms with E-state index in [1.165, 1.54) is 12.8 Å². The van der Waals surface area contributed by atoms with Gasteiger partial charge in [-0.2, -0.15) is 0 Å². The first kappa shape index (κ1) is 11.7. The molecular weight excluding hydrogens is 148 g/mol. The average Bonchev–Trinajstić information content (AvgIpc) is 2.05. The third kappa shape index (κ3) is 5.34. The summed E-state index contributed by atoms with van der Waals surface area (Å²) in [4.78, 5) is 11.4. The van der Waals surface area contributed by atoms with Gasteiger partial charge in [0.2, 0.25) is 0 Å². The van der Waals surface area contributed by atoms with Crippen LogP contribution in [0.15, 0.2) is 0 Å². The zero-order valence-electron chi connectivity index (χ0n) is 8.73. The average molecular weight is 170 g/mol. The van der Waals surface area contributed by atoms with E-state index in [0.29, 0.717) is 11.7 Å². The van der Waals surface area contributed by atoms with Crippen LogP contribution in [0.5, 0.6) is 0 Å². The number of hydrogen-bond acceptors (Lipinski definition) is 1. The highest BCUT2D eigenvalue weighted by Crippen LogP contribution is 2.11. The lowest BCUT2D eigenvalue weighted by atomic mass is 9.97. The van der Waals surface area contributed by atoms with E-state index in [2.05, 4.69) is 20.8 Å². The molecule has 0 rings (SSSR count). The molecule has 0 bridgehead atoms. The highest BCUT2D eigenvalue weighted by atomic mass is 16.1. The van der Waals surface area contributed by atoms with Gasteiger partial charge in [-0.15, -0.1) is 0 Å². The number of Topliss-reactive ketones (excluding diaryl/α,β-unsaturated/α-hetero) is 1. The molecule has 0 aliphatic heterocycles. The minimum atomic E-state index is 0.298. The van der Waals surface area contributed by atoms with Crippen molar-refractivity contribution in [3.8, 4) is 0 Å². The maximum absolute atomic E-state index is 11.4. The van der Waals surface area contributed by atoms with Gasteiger partial charge in [-0.25, -0.2) is 0 Å². The Labute approximate surface area is 76.6 Å². The van der Waals surface area contributed by atoms with Crippen LogP contribution in [-0.4, -0.2) is 5.78 Å². The summed E-state index contributed by atoms with van der Waals surface area (Å²) < 4.78 is 0. The van der Waals surface area contributed by atoms with Crippen molar-refractivity contribution >= 4 is 5.78 Å². The van der Waals surface area contributed by atoms with Gasteiger partial charge in [0, 0.05) is 12.3 Å². The molecule has 0 fully saturated rings. The molecule has 0 aromatic heterocycles. The van der Waals surface area contributed by atoms with Crippen molar-refractivity contribution in [3.05, 3.63) is 0 Å². The van der Waals surface area contributed by atoms with Gasteiger partial charge in [-0.3, -0.25) is 4.79 Å². The number of hydrogen-bond donors (Lipinski definition) is 0. The first-order chi connectivity index (χ1) is 5.72. The minimum Gasteiger partial charge on any atom is -0.299 e. The summed E-state index contributed by atoms with van der Waals surface area (Å²) in [5, 5.41) is 0. The van der Waals surface area contributed by atoms with Crippen molar-refractivity contribution in [2.75, 3.05) is 0 Å². The van der Waals surface area contributed by atoms with Crippen LogP contribution >= 0.6 is 0 Å². The fourth-order valence-electron chi connectivity index (χ4n) is 1.39. The van der Waals surface area contributed by atoms with Crippen LogP contribution < -0.4 is 0 Å². The lowest BCUT2D eigenvalue weighted by molar-refractivity contribution is -0.122. The van der Waals surface area contributed by atoms with Crippen molar-refractivity contribution in [3.63, 3.8) is 0 Å². The van der Waals surface area contributed by atoms with Gasteiger partial charge in [0.1, 0.15) is 5.78 Å². The highest BCUT2D eigenvalue weighted by molar-refractivity contribution is 5.80. The lowest BCUT2D eigenvalue weighted by Crippen LogP contribution is -2.09. The third-order valence-electron chi connectivity index (χ3n) is 2.30. The lowest BCUT2D eigenvalue weighted by Gasteiger charge is -2.07. The second-order valence-corrected chi connectivity index (χ2v) is 3.61. The summed E-state index contributed by atoms with van der Waals surface area (Å²) in [5.74, 6) is 0.761. The van der Waals surface area contributed by atoms with E-state index in [9.17, 15) is 4.79 Å². The topological polar surface area (TPSA) is 17.1 Å². The minimum absolute atomic E-state index is 0.298. The van der Waals surface area contributed by atoms with E-state index in [-0.39, 0.29) is 0 Å². The van der Waals surface area contributed by atoms with Gasteiger partial charge in [0.25, 0.3) is 0 Å². The smallest absolute Gasteiger partial charge is 0.135 e. The van der Waals surface area contributed by atoms with E-state index in [4.69, 9.17) is 0 Å². The number of ketones is 1. The monoisotopic (exact) mass is 170 g/mol. The van der Waals surface area contributed by atoms with E-state index in [0.717, 1.165) is 25.7 Å². The Morgan fingerprint density at radius 1 is 1.17 bits per heavy atom. The Kier molecular flexibility index (Phi) is 7.12. The van der Waals surface area contributed by atoms with E-state index < -0.39 is 0 Å². The summed E-state index contributed by atoms with van der Waals surface area (Å²) in [6, 6.07) is 0. The fraction of sp³-hybridized carbons (Fsp3) is 0.909. The molecule has 0 radical (unpaired) electrons. The van der Waals surface area contributed by atoms with Crippen LogP contribution in [0.3, 0.4) is 0 Å². The van der Waals surface area contributed by atoms with Crippen LogP contribution in [0.1, 0.15) is 59.3 Å². The quantitative estimate of drug-likeness (QED) is 0.534. The second kappa shape index (κ2) is 7.33. The normalized spacial score (nSPS) is 12.9. The van der Waals surface area contributed by atoms with Crippen molar-refractivity contribution in [1.82, 2.24) is 0 Å². The molecule has 0 aromatic carbocycles. The molecular formula is C11H22O. The Bertz CT molecular complexity index is 118. The molecule has 1 heteroatoms. The Morgan fingerprint density at radius 2 is 1.83 bits per heavy atom. The molecule has 1 nitrogen and oxygen atoms in total. The van der Waals surface area contributed by atoms with Crippen LogP contribution in [0, 0.1) is 5.92 Å². The van der Waals surface area contributed by atoms with Gasteiger partial charge < -0.3 is 0 Å². The zero-order valence-corrected chi connectivity index (χ0v) is 8.73. The van der Waals surface area contributed by atoms with Gasteiger partial charge in [0.05, 0.1) is 0 Å². The van der Waals surface area contributed by atoms with E-state index >= 15 is 0 Å².